The van der Waals surface area contributed by atoms with Gasteiger partial charge < -0.3 is 10.1 Å². The first-order chi connectivity index (χ1) is 13.3. The Balaban J connectivity index is 1.84. The van der Waals surface area contributed by atoms with Crippen LogP contribution in [-0.2, 0) is 24.7 Å². The third kappa shape index (κ3) is 2.53. The lowest BCUT2D eigenvalue weighted by atomic mass is 9.76. The maximum absolute atomic E-state index is 13.3. The number of carbonyl (C=O) groups excluding carboxylic acids is 3. The minimum atomic E-state index is -1.28. The van der Waals surface area contributed by atoms with E-state index < -0.39 is 17.4 Å². The number of nitrogens with one attached hydrogen (secondary N) is 2. The lowest BCUT2D eigenvalue weighted by Crippen LogP contribution is -2.53. The summed E-state index contributed by atoms with van der Waals surface area (Å²) in [4.78, 5) is 41.0. The van der Waals surface area contributed by atoms with Gasteiger partial charge in [0.05, 0.1) is 35.7 Å². The van der Waals surface area contributed by atoms with Gasteiger partial charge in [-0.25, -0.2) is 0 Å². The number of fused-ring (bicyclic) bond motifs is 4. The highest BCUT2D eigenvalue weighted by Gasteiger charge is 2.70. The van der Waals surface area contributed by atoms with Crippen LogP contribution in [0.1, 0.15) is 25.8 Å². The van der Waals surface area contributed by atoms with E-state index in [1.54, 1.807) is 18.2 Å². The van der Waals surface area contributed by atoms with Gasteiger partial charge in [-0.1, -0.05) is 37.6 Å². The Hall–Kier alpha value is -1.96. The first-order valence-electron chi connectivity index (χ1n) is 9.55. The highest BCUT2D eigenvalue weighted by atomic mass is 35.5. The van der Waals surface area contributed by atoms with Crippen LogP contribution in [0, 0.1) is 17.8 Å². The predicted molar refractivity (Wildman–Crippen MR) is 104 cm³/mol. The largest absolute Gasteiger partial charge is 0.383 e. The number of carbonyl (C=O) groups is 3. The molecule has 3 aliphatic rings. The fourth-order valence-electron chi connectivity index (χ4n) is 4.97. The Morgan fingerprint density at radius 3 is 2.68 bits per heavy atom. The van der Waals surface area contributed by atoms with Crippen molar-refractivity contribution < 1.29 is 19.1 Å². The molecule has 0 aromatic heterocycles. The standard InChI is InChI=1S/C20H24ClN3O4/c1-10(2)9-13-14-15(18(26)24(17(14)25)7-8-28-3)20(23-13)11-5-4-6-12(21)16(11)22-19(20)27/h4-6,10,13-15,23H,7-9H2,1-3H3,(H,22,27)/t13-,14-,15-,20-/m0/s1. The van der Waals surface area contributed by atoms with Crippen LogP contribution in [-0.4, -0.2) is 48.9 Å². The van der Waals surface area contributed by atoms with Crippen molar-refractivity contribution in [2.45, 2.75) is 31.8 Å². The molecule has 28 heavy (non-hydrogen) atoms. The van der Waals surface area contributed by atoms with E-state index in [0.29, 0.717) is 28.6 Å². The van der Waals surface area contributed by atoms with Crippen LogP contribution in [0.25, 0.3) is 0 Å². The molecule has 0 unspecified atom stereocenters. The van der Waals surface area contributed by atoms with Gasteiger partial charge in [0.1, 0.15) is 5.54 Å². The molecule has 8 heteroatoms. The highest BCUT2D eigenvalue weighted by Crippen LogP contribution is 2.54. The molecule has 0 aliphatic carbocycles. The Labute approximate surface area is 168 Å². The lowest BCUT2D eigenvalue weighted by Gasteiger charge is -2.29. The summed E-state index contributed by atoms with van der Waals surface area (Å²) in [7, 11) is 1.53. The van der Waals surface area contributed by atoms with Crippen molar-refractivity contribution in [3.8, 4) is 0 Å². The molecule has 1 spiro atoms. The first kappa shape index (κ1) is 19.4. The zero-order valence-electron chi connectivity index (χ0n) is 16.1. The number of likely N-dealkylation sites (tertiary alicyclic amines) is 1. The second-order valence-corrected chi connectivity index (χ2v) is 8.54. The van der Waals surface area contributed by atoms with Crippen molar-refractivity contribution in [2.75, 3.05) is 25.6 Å². The van der Waals surface area contributed by atoms with Crippen molar-refractivity contribution in [2.24, 2.45) is 17.8 Å². The summed E-state index contributed by atoms with van der Waals surface area (Å²) in [6.45, 7) is 4.58. The average molecular weight is 406 g/mol. The molecule has 3 heterocycles. The lowest BCUT2D eigenvalue weighted by molar-refractivity contribution is -0.143. The van der Waals surface area contributed by atoms with Crippen LogP contribution in [0.5, 0.6) is 0 Å². The quantitative estimate of drug-likeness (QED) is 0.729. The van der Waals surface area contributed by atoms with Gasteiger partial charge in [-0.15, -0.1) is 0 Å². The fraction of sp³-hybridized carbons (Fsp3) is 0.550. The molecule has 1 aromatic carbocycles. The van der Waals surface area contributed by atoms with E-state index in [2.05, 4.69) is 24.5 Å². The highest BCUT2D eigenvalue weighted by molar-refractivity contribution is 6.35. The van der Waals surface area contributed by atoms with E-state index in [1.807, 2.05) is 0 Å². The zero-order valence-corrected chi connectivity index (χ0v) is 16.9. The summed E-state index contributed by atoms with van der Waals surface area (Å²) < 4.78 is 5.07. The molecule has 0 bridgehead atoms. The van der Waals surface area contributed by atoms with Gasteiger partial charge in [0.2, 0.25) is 17.7 Å². The number of amides is 3. The molecule has 0 saturated carbocycles. The number of ether oxygens (including phenoxy) is 1. The van der Waals surface area contributed by atoms with Gasteiger partial charge in [-0.05, 0) is 18.4 Å². The molecular weight excluding hydrogens is 382 g/mol. The molecule has 4 atom stereocenters. The van der Waals surface area contributed by atoms with Crippen LogP contribution in [0.3, 0.4) is 0 Å². The van der Waals surface area contributed by atoms with Crippen molar-refractivity contribution in [1.29, 1.82) is 0 Å². The SMILES string of the molecule is COCCN1C(=O)[C@H]2[C@H](CC(C)C)N[C@]3(C(=O)Nc4c(Cl)cccc43)[C@@H]2C1=O. The number of nitrogens with zero attached hydrogens (tertiary/aromatic N) is 1. The van der Waals surface area contributed by atoms with Crippen molar-refractivity contribution in [3.05, 3.63) is 28.8 Å². The molecule has 1 aromatic rings. The van der Waals surface area contributed by atoms with Crippen LogP contribution in [0.4, 0.5) is 5.69 Å². The third-order valence-corrected chi connectivity index (χ3v) is 6.35. The molecule has 4 rings (SSSR count). The monoisotopic (exact) mass is 405 g/mol. The van der Waals surface area contributed by atoms with E-state index in [-0.39, 0.29) is 36.9 Å². The van der Waals surface area contributed by atoms with Crippen LogP contribution in [0.15, 0.2) is 18.2 Å². The van der Waals surface area contributed by atoms with Gasteiger partial charge in [-0.3, -0.25) is 24.6 Å². The molecule has 2 saturated heterocycles. The molecule has 2 N–H and O–H groups in total. The second kappa shape index (κ2) is 6.83. The van der Waals surface area contributed by atoms with E-state index in [9.17, 15) is 14.4 Å². The number of halogens is 1. The van der Waals surface area contributed by atoms with Crippen LogP contribution in [0.2, 0.25) is 5.02 Å². The molecule has 7 nitrogen and oxygen atoms in total. The zero-order chi connectivity index (χ0) is 20.2. The second-order valence-electron chi connectivity index (χ2n) is 8.13. The van der Waals surface area contributed by atoms with Crippen molar-refractivity contribution in [3.63, 3.8) is 0 Å². The number of anilines is 1. The van der Waals surface area contributed by atoms with E-state index >= 15 is 0 Å². The topological polar surface area (TPSA) is 87.7 Å². The summed E-state index contributed by atoms with van der Waals surface area (Å²) in [5.41, 5.74) is -0.124. The normalized spacial score (nSPS) is 31.1. The fourth-order valence-corrected chi connectivity index (χ4v) is 5.19. The number of para-hydroxylation sites is 1. The Bertz CT molecular complexity index is 858. The summed E-state index contributed by atoms with van der Waals surface area (Å²) in [5.74, 6) is -1.96. The van der Waals surface area contributed by atoms with E-state index in [0.717, 1.165) is 0 Å². The maximum Gasteiger partial charge on any atom is 0.250 e. The Morgan fingerprint density at radius 2 is 2.00 bits per heavy atom. The summed E-state index contributed by atoms with van der Waals surface area (Å²) in [6, 6.07) is 4.99. The predicted octanol–water partition coefficient (Wildman–Crippen LogP) is 1.75. The number of imide groups is 1. The van der Waals surface area contributed by atoms with Gasteiger partial charge in [-0.2, -0.15) is 0 Å². The van der Waals surface area contributed by atoms with Crippen molar-refractivity contribution in [1.82, 2.24) is 10.2 Å². The molecule has 3 amide bonds. The first-order valence-corrected chi connectivity index (χ1v) is 9.93. The minimum Gasteiger partial charge on any atom is -0.383 e. The minimum absolute atomic E-state index is 0.190. The number of hydrogen-bond donors (Lipinski definition) is 2. The summed E-state index contributed by atoms with van der Waals surface area (Å²) in [5, 5.41) is 6.66. The molecule has 2 fully saturated rings. The number of methoxy groups -OCH3 is 1. The third-order valence-electron chi connectivity index (χ3n) is 6.03. The summed E-state index contributed by atoms with van der Waals surface area (Å²) >= 11 is 6.30. The molecule has 150 valence electrons. The number of hydrogen-bond acceptors (Lipinski definition) is 5. The molecular formula is C20H24ClN3O4. The van der Waals surface area contributed by atoms with E-state index in [1.165, 1.54) is 12.0 Å². The van der Waals surface area contributed by atoms with Gasteiger partial charge in [0, 0.05) is 18.7 Å². The van der Waals surface area contributed by atoms with Gasteiger partial charge >= 0.3 is 0 Å². The van der Waals surface area contributed by atoms with Crippen LogP contribution >= 0.6 is 11.6 Å². The Kier molecular flexibility index (Phi) is 4.72. The Morgan fingerprint density at radius 1 is 1.25 bits per heavy atom. The molecule has 0 radical (unpaired) electrons. The average Bonchev–Trinajstić information content (AvgIpc) is 3.20. The van der Waals surface area contributed by atoms with Crippen molar-refractivity contribution >= 4 is 35.0 Å². The van der Waals surface area contributed by atoms with Gasteiger partial charge in [0.15, 0.2) is 0 Å². The maximum atomic E-state index is 13.3. The number of benzene rings is 1. The molecule has 3 aliphatic heterocycles. The van der Waals surface area contributed by atoms with E-state index in [4.69, 9.17) is 16.3 Å². The van der Waals surface area contributed by atoms with Gasteiger partial charge in [0.25, 0.3) is 0 Å². The number of rotatable bonds is 5. The smallest absolute Gasteiger partial charge is 0.250 e. The van der Waals surface area contributed by atoms with Crippen LogP contribution < -0.4 is 10.6 Å². The summed E-state index contributed by atoms with van der Waals surface area (Å²) in [6.07, 6.45) is 0.684.